The van der Waals surface area contributed by atoms with Gasteiger partial charge in [0.25, 0.3) is 0 Å². The highest BCUT2D eigenvalue weighted by Gasteiger charge is 2.24. The Kier molecular flexibility index (Phi) is 12.8. The molecule has 1 atom stereocenters. The molecule has 1 unspecified atom stereocenters. The number of hydrogen-bond acceptors (Lipinski definition) is 5. The smallest absolute Gasteiger partial charge is 0.191 e. The molecule has 0 aromatic heterocycles. The van der Waals surface area contributed by atoms with E-state index in [0.29, 0.717) is 6.04 Å². The van der Waals surface area contributed by atoms with E-state index in [2.05, 4.69) is 34.6 Å². The number of methoxy groups -OCH3 is 3. The van der Waals surface area contributed by atoms with E-state index in [1.54, 1.807) is 21.3 Å². The number of halogens is 1. The van der Waals surface area contributed by atoms with E-state index in [1.165, 1.54) is 0 Å². The van der Waals surface area contributed by atoms with Crippen molar-refractivity contribution in [3.8, 4) is 11.5 Å². The molecule has 0 saturated carbocycles. The van der Waals surface area contributed by atoms with E-state index >= 15 is 0 Å². The van der Waals surface area contributed by atoms with Gasteiger partial charge in [0.1, 0.15) is 11.5 Å². The summed E-state index contributed by atoms with van der Waals surface area (Å²) in [6.45, 7) is 6.54. The van der Waals surface area contributed by atoms with Crippen molar-refractivity contribution in [3.63, 3.8) is 0 Å². The second-order valence-electron chi connectivity index (χ2n) is 6.96. The fourth-order valence-electron chi connectivity index (χ4n) is 3.33. The zero-order chi connectivity index (χ0) is 20.2. The Morgan fingerprint density at radius 1 is 1.10 bits per heavy atom. The van der Waals surface area contributed by atoms with Crippen molar-refractivity contribution in [3.05, 3.63) is 18.2 Å². The molecule has 1 aliphatic rings. The molecule has 1 aromatic carbocycles. The number of rotatable bonds is 11. The Bertz CT molecular complexity index is 593. The summed E-state index contributed by atoms with van der Waals surface area (Å²) in [7, 11) is 5.11. The summed E-state index contributed by atoms with van der Waals surface area (Å²) in [6.07, 6.45) is 4.39. The summed E-state index contributed by atoms with van der Waals surface area (Å²) < 4.78 is 15.9. The van der Waals surface area contributed by atoms with Crippen molar-refractivity contribution in [1.82, 2.24) is 10.6 Å². The molecule has 1 aliphatic heterocycles. The average Bonchev–Trinajstić information content (AvgIpc) is 3.18. The topological polar surface area (TPSA) is 67.4 Å². The molecule has 2 rings (SSSR count). The zero-order valence-electron chi connectivity index (χ0n) is 18.2. The number of ether oxygens (including phenoxy) is 3. The highest BCUT2D eigenvalue weighted by atomic mass is 127. The lowest BCUT2D eigenvalue weighted by Gasteiger charge is -2.21. The first-order valence-electron chi connectivity index (χ1n) is 10.2. The maximum Gasteiger partial charge on any atom is 0.191 e. The van der Waals surface area contributed by atoms with Crippen LogP contribution >= 0.6 is 24.0 Å². The lowest BCUT2D eigenvalue weighted by Crippen LogP contribution is -2.44. The van der Waals surface area contributed by atoms with Gasteiger partial charge in [0, 0.05) is 69.8 Å². The van der Waals surface area contributed by atoms with Crippen LogP contribution < -0.4 is 25.0 Å². The highest BCUT2D eigenvalue weighted by Crippen LogP contribution is 2.30. The third-order valence-corrected chi connectivity index (χ3v) is 4.85. The van der Waals surface area contributed by atoms with Crippen LogP contribution in [0, 0.1) is 0 Å². The van der Waals surface area contributed by atoms with Gasteiger partial charge in [-0.2, -0.15) is 0 Å². The second kappa shape index (κ2) is 14.5. The molecule has 29 heavy (non-hydrogen) atoms. The minimum absolute atomic E-state index is 0. The molecular weight excluding hydrogens is 483 g/mol. The molecule has 7 nitrogen and oxygen atoms in total. The number of nitrogens with one attached hydrogen (secondary N) is 2. The summed E-state index contributed by atoms with van der Waals surface area (Å²) >= 11 is 0. The second-order valence-corrected chi connectivity index (χ2v) is 6.96. The van der Waals surface area contributed by atoms with Crippen molar-refractivity contribution in [2.24, 2.45) is 4.99 Å². The molecule has 0 radical (unpaired) electrons. The molecular formula is C21H37IN4O3. The van der Waals surface area contributed by atoms with Crippen LogP contribution in [0.2, 0.25) is 0 Å². The maximum absolute atomic E-state index is 5.40. The van der Waals surface area contributed by atoms with Crippen LogP contribution in [0.4, 0.5) is 5.69 Å². The van der Waals surface area contributed by atoms with Crippen molar-refractivity contribution in [2.75, 3.05) is 59.0 Å². The van der Waals surface area contributed by atoms with Crippen molar-refractivity contribution >= 4 is 35.6 Å². The predicted octanol–water partition coefficient (Wildman–Crippen LogP) is 3.27. The molecule has 0 aliphatic carbocycles. The van der Waals surface area contributed by atoms with E-state index in [0.717, 1.165) is 81.6 Å². The Balaban J connectivity index is 0.00000420. The molecule has 1 saturated heterocycles. The van der Waals surface area contributed by atoms with E-state index < -0.39 is 0 Å². The molecule has 166 valence electrons. The quantitative estimate of drug-likeness (QED) is 0.202. The van der Waals surface area contributed by atoms with Gasteiger partial charge in [-0.1, -0.05) is 0 Å². The van der Waals surface area contributed by atoms with Crippen LogP contribution in [0.5, 0.6) is 11.5 Å². The van der Waals surface area contributed by atoms with Crippen LogP contribution in [-0.2, 0) is 4.74 Å². The Labute approximate surface area is 192 Å². The molecule has 1 fully saturated rings. The molecule has 1 aromatic rings. The van der Waals surface area contributed by atoms with Gasteiger partial charge in [0.2, 0.25) is 0 Å². The van der Waals surface area contributed by atoms with Crippen LogP contribution in [0.1, 0.15) is 32.6 Å². The molecule has 0 bridgehead atoms. The Morgan fingerprint density at radius 3 is 2.45 bits per heavy atom. The number of nitrogens with zero attached hydrogens (tertiary/aromatic N) is 2. The molecule has 0 amide bonds. The van der Waals surface area contributed by atoms with Gasteiger partial charge < -0.3 is 29.7 Å². The first-order valence-corrected chi connectivity index (χ1v) is 10.2. The lowest BCUT2D eigenvalue weighted by molar-refractivity contribution is 0.192. The number of hydrogen-bond donors (Lipinski definition) is 2. The van der Waals surface area contributed by atoms with Gasteiger partial charge >= 0.3 is 0 Å². The molecule has 1 heterocycles. The van der Waals surface area contributed by atoms with Crippen molar-refractivity contribution in [1.29, 1.82) is 0 Å². The number of benzene rings is 1. The summed E-state index contributed by atoms with van der Waals surface area (Å²) in [5.74, 6) is 2.53. The number of guanidine groups is 1. The van der Waals surface area contributed by atoms with Crippen LogP contribution in [0.15, 0.2) is 23.2 Å². The Hall–Kier alpha value is -1.42. The third kappa shape index (κ3) is 8.86. The monoisotopic (exact) mass is 520 g/mol. The first kappa shape index (κ1) is 25.6. The summed E-state index contributed by atoms with van der Waals surface area (Å²) in [5.41, 5.74) is 1.13. The van der Waals surface area contributed by atoms with Crippen molar-refractivity contribution < 1.29 is 14.2 Å². The fourth-order valence-corrected chi connectivity index (χ4v) is 3.33. The van der Waals surface area contributed by atoms with Crippen LogP contribution in [-0.4, -0.2) is 66.1 Å². The minimum Gasteiger partial charge on any atom is -0.497 e. The van der Waals surface area contributed by atoms with E-state index in [9.17, 15) is 0 Å². The maximum atomic E-state index is 5.40. The van der Waals surface area contributed by atoms with Crippen LogP contribution in [0.25, 0.3) is 0 Å². The molecule has 0 spiro atoms. The lowest BCUT2D eigenvalue weighted by atomic mass is 10.2. The van der Waals surface area contributed by atoms with Gasteiger partial charge in [-0.15, -0.1) is 24.0 Å². The standard InChI is InChI=1S/C21H36N4O3.HI/c1-5-22-21(23-10-7-6-8-12-26-2)24-17-9-11-25(16-17)18-13-19(27-3)15-20(14-18)28-4;/h13-15,17H,5-12,16H2,1-4H3,(H2,22,23,24);1H. The number of aliphatic imine (C=N–C) groups is 1. The van der Waals surface area contributed by atoms with Gasteiger partial charge in [-0.25, -0.2) is 0 Å². The molecule has 8 heteroatoms. The van der Waals surface area contributed by atoms with Crippen LogP contribution in [0.3, 0.4) is 0 Å². The van der Waals surface area contributed by atoms with Gasteiger partial charge in [-0.3, -0.25) is 4.99 Å². The predicted molar refractivity (Wildman–Crippen MR) is 130 cm³/mol. The van der Waals surface area contributed by atoms with Gasteiger partial charge in [0.15, 0.2) is 5.96 Å². The Morgan fingerprint density at radius 2 is 1.83 bits per heavy atom. The summed E-state index contributed by atoms with van der Waals surface area (Å²) in [4.78, 5) is 7.08. The summed E-state index contributed by atoms with van der Waals surface area (Å²) in [5, 5.41) is 6.94. The first-order chi connectivity index (χ1) is 13.7. The highest BCUT2D eigenvalue weighted by molar-refractivity contribution is 14.0. The largest absolute Gasteiger partial charge is 0.497 e. The zero-order valence-corrected chi connectivity index (χ0v) is 20.5. The fraction of sp³-hybridized carbons (Fsp3) is 0.667. The van der Waals surface area contributed by atoms with E-state index in [4.69, 9.17) is 19.2 Å². The van der Waals surface area contributed by atoms with E-state index in [1.807, 2.05) is 6.07 Å². The van der Waals surface area contributed by atoms with Gasteiger partial charge in [-0.05, 0) is 32.6 Å². The third-order valence-electron chi connectivity index (χ3n) is 4.85. The van der Waals surface area contributed by atoms with Gasteiger partial charge in [0.05, 0.1) is 14.2 Å². The number of anilines is 1. The van der Waals surface area contributed by atoms with E-state index in [-0.39, 0.29) is 24.0 Å². The SMILES string of the molecule is CCNC(=NCCCCCOC)NC1CCN(c2cc(OC)cc(OC)c2)C1.I. The average molecular weight is 520 g/mol. The molecule has 2 N–H and O–H groups in total. The summed E-state index contributed by atoms with van der Waals surface area (Å²) in [6, 6.07) is 6.38. The normalized spacial score (nSPS) is 16.3. The number of unbranched alkanes of at least 4 members (excludes halogenated alkanes) is 2. The van der Waals surface area contributed by atoms with Crippen molar-refractivity contribution in [2.45, 2.75) is 38.6 Å². The minimum atomic E-state index is 0.